The molecule has 23 heavy (non-hydrogen) atoms. The van der Waals surface area contributed by atoms with Crippen LogP contribution in [0.1, 0.15) is 12.7 Å². The van der Waals surface area contributed by atoms with E-state index in [1.807, 2.05) is 31.2 Å². The van der Waals surface area contributed by atoms with Crippen molar-refractivity contribution < 1.29 is 9.53 Å². The van der Waals surface area contributed by atoms with Gasteiger partial charge >= 0.3 is 0 Å². The monoisotopic (exact) mass is 315 g/mol. The molecule has 0 unspecified atom stereocenters. The van der Waals surface area contributed by atoms with Crippen LogP contribution in [-0.4, -0.2) is 58.3 Å². The number of H-pyrrole nitrogens is 1. The third-order valence-electron chi connectivity index (χ3n) is 3.90. The Hall–Kier alpha value is -2.25. The fourth-order valence-electron chi connectivity index (χ4n) is 2.55. The molecule has 7 heteroatoms. The van der Waals surface area contributed by atoms with E-state index in [0.717, 1.165) is 30.2 Å². The molecule has 1 fully saturated rings. The summed E-state index contributed by atoms with van der Waals surface area (Å²) < 4.78 is 5.56. The standard InChI is InChI=1S/C16H21N5O2/c1-3-21-8-9-23-14(10-21)16(22)18-13-6-4-12(5-7-13)15-17-11(2)19-20-15/h4-7,14H,3,8-10H2,1-2H3,(H,18,22)(H,17,19,20)/t14-/m1/s1. The van der Waals surface area contributed by atoms with Crippen molar-refractivity contribution >= 4 is 11.6 Å². The van der Waals surface area contributed by atoms with Crippen molar-refractivity contribution in [3.05, 3.63) is 30.1 Å². The number of morpholine rings is 1. The maximum absolute atomic E-state index is 12.3. The summed E-state index contributed by atoms with van der Waals surface area (Å²) >= 11 is 0. The number of likely N-dealkylation sites (N-methyl/N-ethyl adjacent to an activating group) is 1. The lowest BCUT2D eigenvalue weighted by Gasteiger charge is -2.31. The highest BCUT2D eigenvalue weighted by atomic mass is 16.5. The smallest absolute Gasteiger partial charge is 0.254 e. The molecular formula is C16H21N5O2. The normalized spacial score (nSPS) is 18.8. The molecule has 1 aliphatic rings. The average molecular weight is 315 g/mol. The summed E-state index contributed by atoms with van der Waals surface area (Å²) in [7, 11) is 0. The Balaban J connectivity index is 1.62. The summed E-state index contributed by atoms with van der Waals surface area (Å²) in [5.74, 6) is 1.31. The maximum atomic E-state index is 12.3. The Labute approximate surface area is 135 Å². The van der Waals surface area contributed by atoms with Crippen molar-refractivity contribution in [2.24, 2.45) is 0 Å². The van der Waals surface area contributed by atoms with E-state index >= 15 is 0 Å². The van der Waals surface area contributed by atoms with Crippen LogP contribution in [0, 0.1) is 6.92 Å². The van der Waals surface area contributed by atoms with Crippen LogP contribution in [0.4, 0.5) is 5.69 Å². The molecular weight excluding hydrogens is 294 g/mol. The van der Waals surface area contributed by atoms with Gasteiger partial charge in [0, 0.05) is 24.3 Å². The van der Waals surface area contributed by atoms with Gasteiger partial charge in [-0.15, -0.1) is 0 Å². The summed E-state index contributed by atoms with van der Waals surface area (Å²) in [6.07, 6.45) is -0.418. The molecule has 0 aliphatic carbocycles. The minimum atomic E-state index is -0.418. The van der Waals surface area contributed by atoms with Crippen LogP contribution in [0.2, 0.25) is 0 Å². The molecule has 7 nitrogen and oxygen atoms in total. The van der Waals surface area contributed by atoms with E-state index < -0.39 is 6.10 Å². The lowest BCUT2D eigenvalue weighted by Crippen LogP contribution is -2.47. The third kappa shape index (κ3) is 3.75. The molecule has 2 heterocycles. The van der Waals surface area contributed by atoms with Crippen LogP contribution in [0.25, 0.3) is 11.4 Å². The van der Waals surface area contributed by atoms with Gasteiger partial charge in [0.05, 0.1) is 6.61 Å². The molecule has 0 spiro atoms. The first-order valence-electron chi connectivity index (χ1n) is 7.80. The Morgan fingerprint density at radius 1 is 1.43 bits per heavy atom. The van der Waals surface area contributed by atoms with Crippen molar-refractivity contribution in [1.82, 2.24) is 20.1 Å². The zero-order chi connectivity index (χ0) is 16.2. The van der Waals surface area contributed by atoms with E-state index in [-0.39, 0.29) is 5.91 Å². The zero-order valence-corrected chi connectivity index (χ0v) is 13.4. The highest BCUT2D eigenvalue weighted by Crippen LogP contribution is 2.18. The predicted octanol–water partition coefficient (Wildman–Crippen LogP) is 1.44. The van der Waals surface area contributed by atoms with Gasteiger partial charge in [-0.2, -0.15) is 5.10 Å². The van der Waals surface area contributed by atoms with Crippen molar-refractivity contribution in [3.63, 3.8) is 0 Å². The molecule has 1 atom stereocenters. The molecule has 0 radical (unpaired) electrons. The first-order chi connectivity index (χ1) is 11.2. The van der Waals surface area contributed by atoms with E-state index in [1.54, 1.807) is 0 Å². The number of nitrogens with one attached hydrogen (secondary N) is 2. The van der Waals surface area contributed by atoms with Crippen LogP contribution in [0.5, 0.6) is 0 Å². The largest absolute Gasteiger partial charge is 0.366 e. The first-order valence-corrected chi connectivity index (χ1v) is 7.80. The molecule has 2 N–H and O–H groups in total. The number of carbonyl (C=O) groups is 1. The number of rotatable bonds is 4. The van der Waals surface area contributed by atoms with E-state index in [1.165, 1.54) is 0 Å². The second kappa shape index (κ2) is 6.89. The van der Waals surface area contributed by atoms with Gasteiger partial charge in [0.1, 0.15) is 11.9 Å². The molecule has 0 bridgehead atoms. The Kier molecular flexibility index (Phi) is 4.68. The van der Waals surface area contributed by atoms with Crippen LogP contribution in [-0.2, 0) is 9.53 Å². The minimum absolute atomic E-state index is 0.107. The molecule has 1 amide bonds. The molecule has 2 aromatic rings. The minimum Gasteiger partial charge on any atom is -0.366 e. The van der Waals surface area contributed by atoms with Crippen molar-refractivity contribution in [2.45, 2.75) is 20.0 Å². The number of aromatic amines is 1. The van der Waals surface area contributed by atoms with Crippen molar-refractivity contribution in [3.8, 4) is 11.4 Å². The second-order valence-corrected chi connectivity index (χ2v) is 5.56. The molecule has 1 aromatic carbocycles. The fourth-order valence-corrected chi connectivity index (χ4v) is 2.55. The molecule has 122 valence electrons. The number of amides is 1. The van der Waals surface area contributed by atoms with Gasteiger partial charge in [-0.3, -0.25) is 14.8 Å². The van der Waals surface area contributed by atoms with Gasteiger partial charge in [-0.1, -0.05) is 6.92 Å². The van der Waals surface area contributed by atoms with Gasteiger partial charge in [0.15, 0.2) is 5.82 Å². The Morgan fingerprint density at radius 2 is 2.22 bits per heavy atom. The van der Waals surface area contributed by atoms with E-state index in [0.29, 0.717) is 19.0 Å². The average Bonchev–Trinajstić information content (AvgIpc) is 3.02. The fraction of sp³-hybridized carbons (Fsp3) is 0.438. The van der Waals surface area contributed by atoms with E-state index in [4.69, 9.17) is 4.74 Å². The Morgan fingerprint density at radius 3 is 2.87 bits per heavy atom. The molecule has 1 aliphatic heterocycles. The van der Waals surface area contributed by atoms with Gasteiger partial charge in [0.2, 0.25) is 0 Å². The summed E-state index contributed by atoms with van der Waals surface area (Å²) in [5.41, 5.74) is 1.64. The number of hydrogen-bond donors (Lipinski definition) is 2. The summed E-state index contributed by atoms with van der Waals surface area (Å²) in [6.45, 7) is 6.98. The highest BCUT2D eigenvalue weighted by molar-refractivity contribution is 5.94. The molecule has 1 aromatic heterocycles. The van der Waals surface area contributed by atoms with Gasteiger partial charge in [-0.25, -0.2) is 4.98 Å². The maximum Gasteiger partial charge on any atom is 0.254 e. The molecule has 0 saturated carbocycles. The van der Waals surface area contributed by atoms with Gasteiger partial charge in [0.25, 0.3) is 5.91 Å². The van der Waals surface area contributed by atoms with Gasteiger partial charge < -0.3 is 10.1 Å². The number of nitrogens with zero attached hydrogens (tertiary/aromatic N) is 3. The highest BCUT2D eigenvalue weighted by Gasteiger charge is 2.25. The van der Waals surface area contributed by atoms with Crippen LogP contribution in [0.3, 0.4) is 0 Å². The molecule has 1 saturated heterocycles. The quantitative estimate of drug-likeness (QED) is 0.892. The van der Waals surface area contributed by atoms with Crippen LogP contribution >= 0.6 is 0 Å². The van der Waals surface area contributed by atoms with E-state index in [2.05, 4.69) is 32.3 Å². The number of aromatic nitrogens is 3. The van der Waals surface area contributed by atoms with Gasteiger partial charge in [-0.05, 0) is 37.7 Å². The SMILES string of the molecule is CCN1CCO[C@@H](C(=O)Nc2ccc(-c3n[nH]c(C)n3)cc2)C1. The topological polar surface area (TPSA) is 83.1 Å². The van der Waals surface area contributed by atoms with Crippen molar-refractivity contribution in [2.75, 3.05) is 31.6 Å². The van der Waals surface area contributed by atoms with Crippen LogP contribution in [0.15, 0.2) is 24.3 Å². The number of aryl methyl sites for hydroxylation is 1. The lowest BCUT2D eigenvalue weighted by molar-refractivity contribution is -0.132. The Bertz CT molecular complexity index is 667. The summed E-state index contributed by atoms with van der Waals surface area (Å²) in [5, 5.41) is 9.83. The predicted molar refractivity (Wildman–Crippen MR) is 87.0 cm³/mol. The van der Waals surface area contributed by atoms with Crippen molar-refractivity contribution in [1.29, 1.82) is 0 Å². The van der Waals surface area contributed by atoms with Crippen LogP contribution < -0.4 is 5.32 Å². The second-order valence-electron chi connectivity index (χ2n) is 5.56. The third-order valence-corrected chi connectivity index (χ3v) is 3.90. The zero-order valence-electron chi connectivity index (χ0n) is 13.4. The molecule has 3 rings (SSSR count). The number of hydrogen-bond acceptors (Lipinski definition) is 5. The number of anilines is 1. The first kappa shape index (κ1) is 15.6. The summed E-state index contributed by atoms with van der Waals surface area (Å²) in [6, 6.07) is 7.47. The van der Waals surface area contributed by atoms with E-state index in [9.17, 15) is 4.79 Å². The number of benzene rings is 1. The number of ether oxygens (including phenoxy) is 1. The number of carbonyl (C=O) groups excluding carboxylic acids is 1. The lowest BCUT2D eigenvalue weighted by atomic mass is 10.2. The summed E-state index contributed by atoms with van der Waals surface area (Å²) in [4.78, 5) is 18.8.